The Morgan fingerprint density at radius 3 is 2.79 bits per heavy atom. The van der Waals surface area contributed by atoms with Gasteiger partial charge in [-0.2, -0.15) is 0 Å². The third kappa shape index (κ3) is 5.25. The van der Waals surface area contributed by atoms with E-state index in [0.29, 0.717) is 17.9 Å². The third-order valence-electron chi connectivity index (χ3n) is 2.35. The largest absolute Gasteiger partial charge is 0.478 e. The van der Waals surface area contributed by atoms with Crippen molar-refractivity contribution in [2.45, 2.75) is 32.6 Å². The molecule has 0 radical (unpaired) electrons. The molecule has 0 aliphatic rings. The Bertz CT molecular complexity index is 427. The number of carbonyl (C=O) groups is 1. The van der Waals surface area contributed by atoms with Gasteiger partial charge in [-0.15, -0.1) is 0 Å². The maximum atomic E-state index is 11.8. The molecule has 0 spiro atoms. The molecule has 0 unspecified atom stereocenters. The number of aromatic carboxylic acids is 1. The molecular weight excluding hydrogens is 258 g/mol. The lowest BCUT2D eigenvalue weighted by atomic mass is 10.1. The summed E-state index contributed by atoms with van der Waals surface area (Å²) in [6.45, 7) is 1.39. The van der Waals surface area contributed by atoms with Gasteiger partial charge in [0.1, 0.15) is 12.4 Å². The Labute approximate surface area is 109 Å². The standard InChI is InChI=1S/C12H16F2N2O3/c1-2-3-9-8(12(17)18)6-15-11(16-9)4-5-19-7-10(13)14/h6,10H,2-5,7H2,1H3,(H,17,18). The number of alkyl halides is 2. The van der Waals surface area contributed by atoms with Gasteiger partial charge in [0.05, 0.1) is 17.9 Å². The van der Waals surface area contributed by atoms with E-state index >= 15 is 0 Å². The van der Waals surface area contributed by atoms with Gasteiger partial charge < -0.3 is 9.84 Å². The minimum Gasteiger partial charge on any atom is -0.478 e. The summed E-state index contributed by atoms with van der Waals surface area (Å²) in [7, 11) is 0. The van der Waals surface area contributed by atoms with Gasteiger partial charge in [0.15, 0.2) is 0 Å². The molecule has 0 amide bonds. The van der Waals surface area contributed by atoms with E-state index in [2.05, 4.69) is 9.97 Å². The summed E-state index contributed by atoms with van der Waals surface area (Å²) in [5.41, 5.74) is 0.549. The molecule has 0 bridgehead atoms. The van der Waals surface area contributed by atoms with Crippen molar-refractivity contribution in [1.29, 1.82) is 0 Å². The van der Waals surface area contributed by atoms with Gasteiger partial charge in [-0.1, -0.05) is 13.3 Å². The second kappa shape index (κ2) is 7.73. The highest BCUT2D eigenvalue weighted by Gasteiger charge is 2.13. The monoisotopic (exact) mass is 274 g/mol. The Morgan fingerprint density at radius 2 is 2.21 bits per heavy atom. The van der Waals surface area contributed by atoms with Gasteiger partial charge in [0.2, 0.25) is 0 Å². The first kappa shape index (κ1) is 15.4. The average molecular weight is 274 g/mol. The molecule has 19 heavy (non-hydrogen) atoms. The van der Waals surface area contributed by atoms with E-state index in [1.165, 1.54) is 6.20 Å². The van der Waals surface area contributed by atoms with Crippen LogP contribution in [0.25, 0.3) is 0 Å². The molecule has 0 aliphatic heterocycles. The lowest BCUT2D eigenvalue weighted by Crippen LogP contribution is -2.12. The number of ether oxygens (including phenoxy) is 1. The first-order valence-electron chi connectivity index (χ1n) is 5.98. The van der Waals surface area contributed by atoms with E-state index in [-0.39, 0.29) is 18.6 Å². The van der Waals surface area contributed by atoms with Crippen LogP contribution < -0.4 is 0 Å². The smallest absolute Gasteiger partial charge is 0.339 e. The van der Waals surface area contributed by atoms with Gasteiger partial charge >= 0.3 is 5.97 Å². The molecule has 5 nitrogen and oxygen atoms in total. The maximum absolute atomic E-state index is 11.8. The number of nitrogens with zero attached hydrogens (tertiary/aromatic N) is 2. The quantitative estimate of drug-likeness (QED) is 0.733. The molecule has 0 atom stereocenters. The minimum atomic E-state index is -2.49. The third-order valence-corrected chi connectivity index (χ3v) is 2.35. The Kier molecular flexibility index (Phi) is 6.27. The van der Waals surface area contributed by atoms with Crippen molar-refractivity contribution in [3.63, 3.8) is 0 Å². The number of rotatable bonds is 8. The van der Waals surface area contributed by atoms with Gasteiger partial charge in [-0.3, -0.25) is 0 Å². The molecule has 1 N–H and O–H groups in total. The average Bonchev–Trinajstić information content (AvgIpc) is 2.35. The molecule has 0 aromatic carbocycles. The Morgan fingerprint density at radius 1 is 1.47 bits per heavy atom. The molecule has 1 aromatic rings. The van der Waals surface area contributed by atoms with Crippen molar-refractivity contribution in [3.8, 4) is 0 Å². The number of aryl methyl sites for hydroxylation is 1. The summed E-state index contributed by atoms with van der Waals surface area (Å²) < 4.78 is 28.4. The highest BCUT2D eigenvalue weighted by molar-refractivity contribution is 5.88. The molecule has 0 saturated carbocycles. The van der Waals surface area contributed by atoms with Gasteiger partial charge in [0.25, 0.3) is 6.43 Å². The van der Waals surface area contributed by atoms with Crippen LogP contribution in [0.4, 0.5) is 8.78 Å². The van der Waals surface area contributed by atoms with E-state index in [1.54, 1.807) is 0 Å². The summed E-state index contributed by atoms with van der Waals surface area (Å²) >= 11 is 0. The van der Waals surface area contributed by atoms with Gasteiger partial charge in [-0.05, 0) is 6.42 Å². The van der Waals surface area contributed by atoms with Crippen molar-refractivity contribution in [3.05, 3.63) is 23.3 Å². The highest BCUT2D eigenvalue weighted by atomic mass is 19.3. The summed E-state index contributed by atoms with van der Waals surface area (Å²) in [6, 6.07) is 0. The van der Waals surface area contributed by atoms with E-state index in [4.69, 9.17) is 9.84 Å². The number of aromatic nitrogens is 2. The fourth-order valence-corrected chi connectivity index (χ4v) is 1.52. The molecular formula is C12H16F2N2O3. The summed E-state index contributed by atoms with van der Waals surface area (Å²) in [6.07, 6.45) is 0.339. The molecule has 1 rings (SSSR count). The lowest BCUT2D eigenvalue weighted by molar-refractivity contribution is 0.0182. The van der Waals surface area contributed by atoms with Gasteiger partial charge in [0, 0.05) is 12.6 Å². The number of halogens is 2. The van der Waals surface area contributed by atoms with Crippen LogP contribution in [-0.4, -0.2) is 40.7 Å². The van der Waals surface area contributed by atoms with Crippen molar-refractivity contribution < 1.29 is 23.4 Å². The second-order valence-corrected chi connectivity index (χ2v) is 3.92. The molecule has 106 valence electrons. The fraction of sp³-hybridized carbons (Fsp3) is 0.583. The van der Waals surface area contributed by atoms with Crippen LogP contribution in [0.1, 0.15) is 35.2 Å². The predicted molar refractivity (Wildman–Crippen MR) is 63.5 cm³/mol. The zero-order valence-corrected chi connectivity index (χ0v) is 10.6. The van der Waals surface area contributed by atoms with E-state index in [1.807, 2.05) is 6.92 Å². The maximum Gasteiger partial charge on any atom is 0.339 e. The van der Waals surface area contributed by atoms with Crippen molar-refractivity contribution >= 4 is 5.97 Å². The van der Waals surface area contributed by atoms with Crippen LogP contribution in [0, 0.1) is 0 Å². The molecule has 0 saturated heterocycles. The second-order valence-electron chi connectivity index (χ2n) is 3.92. The van der Waals surface area contributed by atoms with Crippen molar-refractivity contribution in [2.75, 3.05) is 13.2 Å². The molecule has 0 aliphatic carbocycles. The number of hydrogen-bond donors (Lipinski definition) is 1. The molecule has 1 aromatic heterocycles. The van der Waals surface area contributed by atoms with Crippen LogP contribution >= 0.6 is 0 Å². The minimum absolute atomic E-state index is 0.0825. The highest BCUT2D eigenvalue weighted by Crippen LogP contribution is 2.09. The van der Waals surface area contributed by atoms with Crippen LogP contribution in [0.3, 0.4) is 0 Å². The van der Waals surface area contributed by atoms with Crippen LogP contribution in [0.2, 0.25) is 0 Å². The Balaban J connectivity index is 2.64. The van der Waals surface area contributed by atoms with Crippen molar-refractivity contribution in [1.82, 2.24) is 9.97 Å². The summed E-state index contributed by atoms with van der Waals surface area (Å²) in [5.74, 6) is -0.660. The number of carboxylic acid groups (broad SMARTS) is 1. The number of carboxylic acids is 1. The van der Waals surface area contributed by atoms with Crippen molar-refractivity contribution in [2.24, 2.45) is 0 Å². The topological polar surface area (TPSA) is 72.3 Å². The normalized spacial score (nSPS) is 10.9. The van der Waals surface area contributed by atoms with E-state index in [9.17, 15) is 13.6 Å². The molecule has 1 heterocycles. The van der Waals surface area contributed by atoms with E-state index < -0.39 is 19.0 Å². The first-order chi connectivity index (χ1) is 9.04. The predicted octanol–water partition coefficient (Wildman–Crippen LogP) is 1.95. The lowest BCUT2D eigenvalue weighted by Gasteiger charge is -2.07. The molecule has 7 heteroatoms. The zero-order valence-electron chi connectivity index (χ0n) is 10.6. The van der Waals surface area contributed by atoms with Crippen LogP contribution in [0.15, 0.2) is 6.20 Å². The summed E-state index contributed by atoms with van der Waals surface area (Å²) in [5, 5.41) is 8.97. The fourth-order valence-electron chi connectivity index (χ4n) is 1.52. The first-order valence-corrected chi connectivity index (χ1v) is 5.98. The zero-order chi connectivity index (χ0) is 14.3. The Hall–Kier alpha value is -1.63. The SMILES string of the molecule is CCCc1nc(CCOCC(F)F)ncc1C(=O)O. The van der Waals surface area contributed by atoms with Gasteiger partial charge in [-0.25, -0.2) is 23.5 Å². The molecule has 0 fully saturated rings. The van der Waals surface area contributed by atoms with Crippen LogP contribution in [0.5, 0.6) is 0 Å². The van der Waals surface area contributed by atoms with Crippen LogP contribution in [-0.2, 0) is 17.6 Å². The van der Waals surface area contributed by atoms with E-state index in [0.717, 1.165) is 6.42 Å². The summed E-state index contributed by atoms with van der Waals surface area (Å²) in [4.78, 5) is 19.0. The number of hydrogen-bond acceptors (Lipinski definition) is 4.